The van der Waals surface area contributed by atoms with Gasteiger partial charge in [0.05, 0.1) is 17.0 Å². The molecule has 6 heteroatoms. The second-order valence-corrected chi connectivity index (χ2v) is 8.08. The predicted octanol–water partition coefficient (Wildman–Crippen LogP) is 4.24. The summed E-state index contributed by atoms with van der Waals surface area (Å²) in [7, 11) is 0. The van der Waals surface area contributed by atoms with Crippen molar-refractivity contribution in [3.63, 3.8) is 0 Å². The van der Waals surface area contributed by atoms with Gasteiger partial charge in [0.15, 0.2) is 0 Å². The van der Waals surface area contributed by atoms with E-state index in [2.05, 4.69) is 39.6 Å². The molecule has 3 aromatic rings. The van der Waals surface area contributed by atoms with Gasteiger partial charge in [0, 0.05) is 43.5 Å². The first-order chi connectivity index (χ1) is 15.0. The van der Waals surface area contributed by atoms with Crippen molar-refractivity contribution in [2.75, 3.05) is 25.0 Å². The number of carbonyl (C=O) groups excluding carboxylic acids is 1. The van der Waals surface area contributed by atoms with Gasteiger partial charge < -0.3 is 10.6 Å². The molecule has 0 saturated carbocycles. The molecule has 2 heterocycles. The van der Waals surface area contributed by atoms with Crippen LogP contribution >= 0.6 is 0 Å². The summed E-state index contributed by atoms with van der Waals surface area (Å²) in [5, 5.41) is 6.41. The number of hydrogen-bond donors (Lipinski definition) is 2. The number of aryl methyl sites for hydroxylation is 1. The van der Waals surface area contributed by atoms with E-state index in [4.69, 9.17) is 0 Å². The Morgan fingerprint density at radius 1 is 1.13 bits per heavy atom. The molecule has 0 radical (unpaired) electrons. The molecule has 1 saturated heterocycles. The lowest BCUT2D eigenvalue weighted by Gasteiger charge is -2.31. The molecule has 0 aliphatic carbocycles. The van der Waals surface area contributed by atoms with Crippen molar-refractivity contribution in [2.24, 2.45) is 0 Å². The van der Waals surface area contributed by atoms with Gasteiger partial charge in [0.1, 0.15) is 5.82 Å². The number of rotatable bonds is 5. The quantitative estimate of drug-likeness (QED) is 0.651. The van der Waals surface area contributed by atoms with Gasteiger partial charge in [0.2, 0.25) is 0 Å². The zero-order valence-corrected chi connectivity index (χ0v) is 17.9. The number of carbonyl (C=O) groups is 1. The molecule has 0 unspecified atom stereocenters. The van der Waals surface area contributed by atoms with E-state index < -0.39 is 0 Å². The van der Waals surface area contributed by atoms with E-state index in [1.54, 1.807) is 31.2 Å². The molecular formula is C25H27FN4O. The van der Waals surface area contributed by atoms with Crippen LogP contribution in [0, 0.1) is 12.7 Å². The summed E-state index contributed by atoms with van der Waals surface area (Å²) in [5.74, 6) is -0.482. The smallest absolute Gasteiger partial charge is 0.257 e. The minimum Gasteiger partial charge on any atom is -0.322 e. The average Bonchev–Trinajstić information content (AvgIpc) is 2.75. The Kier molecular flexibility index (Phi) is 6.39. The van der Waals surface area contributed by atoms with Gasteiger partial charge in [-0.3, -0.25) is 14.7 Å². The Hall–Kier alpha value is -3.09. The first-order valence-electron chi connectivity index (χ1n) is 10.6. The maximum absolute atomic E-state index is 13.1. The van der Waals surface area contributed by atoms with Crippen LogP contribution in [-0.2, 0) is 6.54 Å². The third-order valence-corrected chi connectivity index (χ3v) is 5.54. The second kappa shape index (κ2) is 9.37. The van der Waals surface area contributed by atoms with Crippen LogP contribution in [0.1, 0.15) is 28.5 Å². The molecule has 1 fully saturated rings. The van der Waals surface area contributed by atoms with Crippen molar-refractivity contribution in [1.29, 1.82) is 0 Å². The van der Waals surface area contributed by atoms with Crippen molar-refractivity contribution in [3.05, 3.63) is 83.3 Å². The molecule has 2 N–H and O–H groups in total. The van der Waals surface area contributed by atoms with E-state index in [-0.39, 0.29) is 11.7 Å². The van der Waals surface area contributed by atoms with Crippen molar-refractivity contribution in [1.82, 2.24) is 15.2 Å². The number of piperazine rings is 1. The van der Waals surface area contributed by atoms with Gasteiger partial charge in [-0.1, -0.05) is 12.1 Å². The lowest BCUT2D eigenvalue weighted by atomic mass is 10.1. The highest BCUT2D eigenvalue weighted by Gasteiger charge is 2.16. The highest BCUT2D eigenvalue weighted by atomic mass is 19.1. The van der Waals surface area contributed by atoms with Gasteiger partial charge >= 0.3 is 0 Å². The molecule has 1 aliphatic heterocycles. The first kappa shape index (κ1) is 21.2. The van der Waals surface area contributed by atoms with Crippen LogP contribution in [0.15, 0.2) is 60.7 Å². The molecule has 0 spiro atoms. The Labute approximate surface area is 182 Å². The zero-order valence-electron chi connectivity index (χ0n) is 17.9. The molecule has 160 valence electrons. The summed E-state index contributed by atoms with van der Waals surface area (Å²) < 4.78 is 13.1. The number of halogens is 1. The molecule has 2 aromatic carbocycles. The number of pyridine rings is 1. The van der Waals surface area contributed by atoms with Crippen LogP contribution in [0.2, 0.25) is 0 Å². The number of benzene rings is 2. The number of anilines is 1. The van der Waals surface area contributed by atoms with Crippen molar-refractivity contribution >= 4 is 11.6 Å². The van der Waals surface area contributed by atoms with Crippen molar-refractivity contribution in [3.8, 4) is 11.3 Å². The summed E-state index contributed by atoms with van der Waals surface area (Å²) in [6.07, 6.45) is 0. The van der Waals surface area contributed by atoms with E-state index in [0.29, 0.717) is 23.0 Å². The van der Waals surface area contributed by atoms with Crippen LogP contribution < -0.4 is 10.6 Å². The second-order valence-electron chi connectivity index (χ2n) is 8.08. The lowest BCUT2D eigenvalue weighted by Crippen LogP contribution is -2.48. The number of nitrogens with zero attached hydrogens (tertiary/aromatic N) is 2. The topological polar surface area (TPSA) is 57.3 Å². The standard InChI is InChI=1S/C25H27FN4O/c1-17-15-30(14-13-27-17)16-19-3-9-22(10-4-19)29-25(31)23-11-12-24(28-18(23)2)20-5-7-21(26)8-6-20/h3-12,17,27H,13-16H2,1-2H3,(H,29,31)/t17-/m0/s1. The molecular weight excluding hydrogens is 391 g/mol. The normalized spacial score (nSPS) is 16.8. The van der Waals surface area contributed by atoms with Gasteiger partial charge in [0.25, 0.3) is 5.91 Å². The zero-order chi connectivity index (χ0) is 21.8. The Bertz CT molecular complexity index is 1050. The number of amides is 1. The molecule has 1 amide bonds. The molecule has 0 bridgehead atoms. The van der Waals surface area contributed by atoms with Crippen LogP contribution in [0.25, 0.3) is 11.3 Å². The van der Waals surface area contributed by atoms with Gasteiger partial charge in [-0.15, -0.1) is 0 Å². The predicted molar refractivity (Wildman–Crippen MR) is 122 cm³/mol. The first-order valence-corrected chi connectivity index (χ1v) is 10.6. The fourth-order valence-corrected chi connectivity index (χ4v) is 3.89. The molecule has 5 nitrogen and oxygen atoms in total. The summed E-state index contributed by atoms with van der Waals surface area (Å²) in [4.78, 5) is 19.7. The minimum atomic E-state index is -0.287. The highest BCUT2D eigenvalue weighted by molar-refractivity contribution is 6.05. The van der Waals surface area contributed by atoms with Crippen LogP contribution in [0.5, 0.6) is 0 Å². The molecule has 31 heavy (non-hydrogen) atoms. The third kappa shape index (κ3) is 5.34. The van der Waals surface area contributed by atoms with E-state index >= 15 is 0 Å². The Morgan fingerprint density at radius 2 is 1.87 bits per heavy atom. The summed E-state index contributed by atoms with van der Waals surface area (Å²) in [5.41, 5.74) is 4.65. The average molecular weight is 419 g/mol. The van der Waals surface area contributed by atoms with E-state index in [1.807, 2.05) is 12.1 Å². The van der Waals surface area contributed by atoms with Crippen LogP contribution in [0.3, 0.4) is 0 Å². The Balaban J connectivity index is 1.40. The maximum atomic E-state index is 13.1. The highest BCUT2D eigenvalue weighted by Crippen LogP contribution is 2.20. The summed E-state index contributed by atoms with van der Waals surface area (Å²) >= 11 is 0. The summed E-state index contributed by atoms with van der Waals surface area (Å²) in [6, 6.07) is 18.2. The van der Waals surface area contributed by atoms with Gasteiger partial charge in [-0.25, -0.2) is 4.39 Å². The molecule has 4 rings (SSSR count). The fourth-order valence-electron chi connectivity index (χ4n) is 3.89. The fraction of sp³-hybridized carbons (Fsp3) is 0.280. The van der Waals surface area contributed by atoms with E-state index in [1.165, 1.54) is 17.7 Å². The lowest BCUT2D eigenvalue weighted by molar-refractivity contribution is 0.102. The molecule has 1 atom stereocenters. The van der Waals surface area contributed by atoms with Gasteiger partial charge in [-0.2, -0.15) is 0 Å². The van der Waals surface area contributed by atoms with E-state index in [0.717, 1.165) is 37.4 Å². The van der Waals surface area contributed by atoms with Crippen molar-refractivity contribution in [2.45, 2.75) is 26.4 Å². The van der Waals surface area contributed by atoms with Crippen LogP contribution in [0.4, 0.5) is 10.1 Å². The summed E-state index contributed by atoms with van der Waals surface area (Å²) in [6.45, 7) is 8.02. The SMILES string of the molecule is Cc1nc(-c2ccc(F)cc2)ccc1C(=O)Nc1ccc(CN2CCN[C@@H](C)C2)cc1. The number of aromatic nitrogens is 1. The minimum absolute atomic E-state index is 0.195. The van der Waals surface area contributed by atoms with Crippen LogP contribution in [-0.4, -0.2) is 41.5 Å². The number of nitrogens with one attached hydrogen (secondary N) is 2. The third-order valence-electron chi connectivity index (χ3n) is 5.54. The monoisotopic (exact) mass is 418 g/mol. The van der Waals surface area contributed by atoms with Gasteiger partial charge in [-0.05, 0) is 67.9 Å². The number of hydrogen-bond acceptors (Lipinski definition) is 4. The molecule has 1 aliphatic rings. The Morgan fingerprint density at radius 3 is 2.55 bits per heavy atom. The largest absolute Gasteiger partial charge is 0.322 e. The molecule has 1 aromatic heterocycles. The van der Waals surface area contributed by atoms with Crippen molar-refractivity contribution < 1.29 is 9.18 Å². The maximum Gasteiger partial charge on any atom is 0.257 e. The van der Waals surface area contributed by atoms with E-state index in [9.17, 15) is 9.18 Å².